The van der Waals surface area contributed by atoms with Gasteiger partial charge in [0.15, 0.2) is 0 Å². The Morgan fingerprint density at radius 2 is 1.71 bits per heavy atom. The third-order valence-corrected chi connectivity index (χ3v) is 4.35. The number of hydrogen-bond acceptors (Lipinski definition) is 0. The first-order chi connectivity index (χ1) is 6.71. The van der Waals surface area contributed by atoms with Gasteiger partial charge in [-0.25, -0.2) is 4.39 Å². The maximum absolute atomic E-state index is 14.6. The second-order valence-electron chi connectivity index (χ2n) is 5.56. The molecular weight excluding hydrogens is 175 g/mol. The molecule has 2 aliphatic rings. The largest absolute Gasteiger partial charge is 0.244 e. The maximum Gasteiger partial charge on any atom is 0.113 e. The summed E-state index contributed by atoms with van der Waals surface area (Å²) in [5.41, 5.74) is -0.771. The van der Waals surface area contributed by atoms with E-state index in [1.54, 1.807) is 0 Å². The van der Waals surface area contributed by atoms with Gasteiger partial charge in [0, 0.05) is 0 Å². The summed E-state index contributed by atoms with van der Waals surface area (Å²) >= 11 is 0. The van der Waals surface area contributed by atoms with Crippen molar-refractivity contribution in [2.45, 2.75) is 70.4 Å². The Morgan fingerprint density at radius 3 is 2.36 bits per heavy atom. The molecule has 82 valence electrons. The minimum atomic E-state index is -0.771. The highest BCUT2D eigenvalue weighted by Crippen LogP contribution is 2.45. The minimum Gasteiger partial charge on any atom is -0.244 e. The Bertz CT molecular complexity index is 182. The molecule has 0 nitrogen and oxygen atoms in total. The third kappa shape index (κ3) is 2.12. The van der Waals surface area contributed by atoms with Gasteiger partial charge in [-0.05, 0) is 37.5 Å². The summed E-state index contributed by atoms with van der Waals surface area (Å²) in [7, 11) is 0. The van der Waals surface area contributed by atoms with E-state index >= 15 is 0 Å². The van der Waals surface area contributed by atoms with Crippen molar-refractivity contribution in [1.82, 2.24) is 0 Å². The summed E-state index contributed by atoms with van der Waals surface area (Å²) in [5, 5.41) is 0. The quantitative estimate of drug-likeness (QED) is 0.582. The smallest absolute Gasteiger partial charge is 0.113 e. The second-order valence-corrected chi connectivity index (χ2v) is 5.56. The molecule has 2 unspecified atom stereocenters. The molecule has 2 atom stereocenters. The molecular formula is C13H23F. The van der Waals surface area contributed by atoms with Crippen molar-refractivity contribution >= 4 is 0 Å². The van der Waals surface area contributed by atoms with Crippen molar-refractivity contribution in [3.05, 3.63) is 0 Å². The van der Waals surface area contributed by atoms with E-state index in [-0.39, 0.29) is 0 Å². The highest BCUT2D eigenvalue weighted by Gasteiger charge is 2.41. The molecule has 0 amide bonds. The van der Waals surface area contributed by atoms with Crippen molar-refractivity contribution in [3.63, 3.8) is 0 Å². The van der Waals surface area contributed by atoms with E-state index in [1.165, 1.54) is 19.3 Å². The van der Waals surface area contributed by atoms with Crippen molar-refractivity contribution in [2.24, 2.45) is 11.8 Å². The van der Waals surface area contributed by atoms with Crippen molar-refractivity contribution in [3.8, 4) is 0 Å². The number of alkyl halides is 1. The van der Waals surface area contributed by atoms with E-state index in [4.69, 9.17) is 0 Å². The summed E-state index contributed by atoms with van der Waals surface area (Å²) in [4.78, 5) is 0. The molecule has 2 saturated carbocycles. The molecule has 0 N–H and O–H groups in total. The molecule has 0 aromatic carbocycles. The van der Waals surface area contributed by atoms with Gasteiger partial charge in [-0.2, -0.15) is 0 Å². The van der Waals surface area contributed by atoms with Crippen LogP contribution in [0.2, 0.25) is 0 Å². The van der Waals surface area contributed by atoms with Crippen LogP contribution < -0.4 is 0 Å². The molecule has 0 spiro atoms. The Morgan fingerprint density at radius 1 is 1.00 bits per heavy atom. The monoisotopic (exact) mass is 198 g/mol. The van der Waals surface area contributed by atoms with Crippen LogP contribution in [0.5, 0.6) is 0 Å². The Labute approximate surface area is 87.3 Å². The molecule has 0 bridgehead atoms. The van der Waals surface area contributed by atoms with Gasteiger partial charge in [0.2, 0.25) is 0 Å². The van der Waals surface area contributed by atoms with Gasteiger partial charge < -0.3 is 0 Å². The average Bonchev–Trinajstić information content (AvgIpc) is 2.19. The number of rotatable bonds is 1. The minimum absolute atomic E-state index is 0.395. The Balaban J connectivity index is 1.97. The van der Waals surface area contributed by atoms with E-state index in [1.807, 2.05) is 0 Å². The van der Waals surface area contributed by atoms with Crippen LogP contribution in [0.1, 0.15) is 64.7 Å². The first-order valence-electron chi connectivity index (χ1n) is 6.40. The first kappa shape index (κ1) is 10.4. The molecule has 2 fully saturated rings. The zero-order valence-corrected chi connectivity index (χ0v) is 9.40. The molecule has 0 radical (unpaired) electrons. The standard InChI is InChI=1S/C13H23F/c1-11-6-5-7-12(10-11)13(14)8-3-2-4-9-13/h11-12H,2-10H2,1H3. The lowest BCUT2D eigenvalue weighted by atomic mass is 9.69. The third-order valence-electron chi connectivity index (χ3n) is 4.35. The van der Waals surface area contributed by atoms with Gasteiger partial charge in [0.05, 0.1) is 0 Å². The Hall–Kier alpha value is -0.0700. The zero-order valence-electron chi connectivity index (χ0n) is 9.40. The molecule has 0 heterocycles. The fourth-order valence-corrected chi connectivity index (χ4v) is 3.45. The highest BCUT2D eigenvalue weighted by molar-refractivity contribution is 4.91. The summed E-state index contributed by atoms with van der Waals surface area (Å²) in [6.07, 6.45) is 10.1. The van der Waals surface area contributed by atoms with E-state index in [0.717, 1.165) is 44.4 Å². The predicted octanol–water partition coefficient (Wildman–Crippen LogP) is 4.49. The van der Waals surface area contributed by atoms with Crippen LogP contribution in [0.4, 0.5) is 4.39 Å². The van der Waals surface area contributed by atoms with E-state index in [0.29, 0.717) is 5.92 Å². The molecule has 1 heteroatoms. The lowest BCUT2D eigenvalue weighted by molar-refractivity contribution is 0.00958. The number of hydrogen-bond donors (Lipinski definition) is 0. The topological polar surface area (TPSA) is 0 Å². The zero-order chi connectivity index (χ0) is 10.0. The van der Waals surface area contributed by atoms with Gasteiger partial charge in [-0.1, -0.05) is 39.0 Å². The first-order valence-corrected chi connectivity index (χ1v) is 6.40. The molecule has 0 aromatic rings. The lowest BCUT2D eigenvalue weighted by Gasteiger charge is -2.40. The summed E-state index contributed by atoms with van der Waals surface area (Å²) in [5.74, 6) is 1.16. The van der Waals surface area contributed by atoms with Gasteiger partial charge in [0.25, 0.3) is 0 Å². The molecule has 2 aliphatic carbocycles. The molecule has 14 heavy (non-hydrogen) atoms. The van der Waals surface area contributed by atoms with Gasteiger partial charge in [0.1, 0.15) is 5.67 Å². The summed E-state index contributed by atoms with van der Waals surface area (Å²) < 4.78 is 14.6. The number of halogens is 1. The second kappa shape index (κ2) is 4.20. The molecule has 0 aromatic heterocycles. The highest BCUT2D eigenvalue weighted by atomic mass is 19.1. The van der Waals surface area contributed by atoms with Crippen molar-refractivity contribution in [2.75, 3.05) is 0 Å². The average molecular weight is 198 g/mol. The van der Waals surface area contributed by atoms with E-state index in [2.05, 4.69) is 6.92 Å². The Kier molecular flexibility index (Phi) is 3.14. The van der Waals surface area contributed by atoms with Crippen LogP contribution in [0.25, 0.3) is 0 Å². The van der Waals surface area contributed by atoms with Crippen LogP contribution >= 0.6 is 0 Å². The van der Waals surface area contributed by atoms with Gasteiger partial charge in [-0.15, -0.1) is 0 Å². The predicted molar refractivity (Wildman–Crippen MR) is 58.0 cm³/mol. The summed E-state index contributed by atoms with van der Waals surface area (Å²) in [6.45, 7) is 2.29. The lowest BCUT2D eigenvalue weighted by Crippen LogP contribution is -2.38. The SMILES string of the molecule is CC1CCCC(C2(F)CCCCC2)C1. The maximum atomic E-state index is 14.6. The van der Waals surface area contributed by atoms with Crippen LogP contribution in [-0.4, -0.2) is 5.67 Å². The van der Waals surface area contributed by atoms with Crippen molar-refractivity contribution < 1.29 is 4.39 Å². The van der Waals surface area contributed by atoms with Crippen LogP contribution in [0.15, 0.2) is 0 Å². The van der Waals surface area contributed by atoms with Gasteiger partial charge >= 0.3 is 0 Å². The molecule has 2 rings (SSSR count). The van der Waals surface area contributed by atoms with Crippen LogP contribution in [-0.2, 0) is 0 Å². The van der Waals surface area contributed by atoms with Gasteiger partial charge in [-0.3, -0.25) is 0 Å². The van der Waals surface area contributed by atoms with Crippen LogP contribution in [0.3, 0.4) is 0 Å². The fraction of sp³-hybridized carbons (Fsp3) is 1.00. The fourth-order valence-electron chi connectivity index (χ4n) is 3.45. The van der Waals surface area contributed by atoms with E-state index < -0.39 is 5.67 Å². The normalized spacial score (nSPS) is 38.1. The van der Waals surface area contributed by atoms with Crippen molar-refractivity contribution in [1.29, 1.82) is 0 Å². The molecule has 0 aliphatic heterocycles. The summed E-state index contributed by atoms with van der Waals surface area (Å²) in [6, 6.07) is 0. The molecule has 0 saturated heterocycles. The van der Waals surface area contributed by atoms with Crippen LogP contribution in [0, 0.1) is 11.8 Å². The van der Waals surface area contributed by atoms with E-state index in [9.17, 15) is 4.39 Å².